The van der Waals surface area contributed by atoms with Crippen molar-refractivity contribution in [2.45, 2.75) is 95.8 Å². The molecular weight excluding hydrogens is 315 g/mol. The predicted octanol–water partition coefficient (Wildman–Crippen LogP) is 0.596. The molecule has 0 bridgehead atoms. The topological polar surface area (TPSA) is 77.4 Å². The number of rotatable bonds is 13. The van der Waals surface area contributed by atoms with Gasteiger partial charge in [0.15, 0.2) is 0 Å². The molecule has 0 amide bonds. The van der Waals surface area contributed by atoms with E-state index in [9.17, 15) is 18.1 Å². The van der Waals surface area contributed by atoms with Gasteiger partial charge in [0.05, 0.1) is 11.4 Å². The van der Waals surface area contributed by atoms with Gasteiger partial charge in [-0.25, -0.2) is 8.42 Å². The summed E-state index contributed by atoms with van der Waals surface area (Å²) in [7, 11) is -4.39. The Morgan fingerprint density at radius 2 is 1.33 bits per heavy atom. The molecule has 0 aromatic rings. The van der Waals surface area contributed by atoms with Crippen LogP contribution in [-0.4, -0.2) is 29.4 Å². The predicted molar refractivity (Wildman–Crippen MR) is 81.6 cm³/mol. The Labute approximate surface area is 173 Å². The zero-order valence-electron chi connectivity index (χ0n) is 14.0. The number of aliphatic hydroxyl groups excluding tert-OH is 1. The minimum atomic E-state index is -4.39. The maximum Gasteiger partial charge on any atom is 1.00 e. The van der Waals surface area contributed by atoms with Gasteiger partial charge in [-0.05, 0) is 12.8 Å². The monoisotopic (exact) mass is 346 g/mol. The van der Waals surface area contributed by atoms with Gasteiger partial charge in [-0.2, -0.15) is 0 Å². The van der Waals surface area contributed by atoms with Crippen molar-refractivity contribution >= 4 is 10.1 Å². The van der Waals surface area contributed by atoms with Crippen LogP contribution in [0.3, 0.4) is 0 Å². The summed E-state index contributed by atoms with van der Waals surface area (Å²) in [6.07, 6.45) is 9.27. The zero-order valence-corrected chi connectivity index (χ0v) is 18.0. The van der Waals surface area contributed by atoms with Crippen molar-refractivity contribution in [3.8, 4) is 0 Å². The van der Waals surface area contributed by atoms with Crippen molar-refractivity contribution in [1.29, 1.82) is 0 Å². The smallest absolute Gasteiger partial charge is 0.748 e. The summed E-state index contributed by atoms with van der Waals surface area (Å²) in [6, 6.07) is 0. The van der Waals surface area contributed by atoms with Crippen molar-refractivity contribution in [2.75, 3.05) is 0 Å². The summed E-state index contributed by atoms with van der Waals surface area (Å²) in [5.74, 6) is 0. The largest absolute Gasteiger partial charge is 1.00 e. The van der Waals surface area contributed by atoms with E-state index >= 15 is 0 Å². The molecule has 2 unspecified atom stereocenters. The molecule has 6 heteroatoms. The maximum atomic E-state index is 11.2. The van der Waals surface area contributed by atoms with E-state index < -0.39 is 21.5 Å². The summed E-state index contributed by atoms with van der Waals surface area (Å²) in [4.78, 5) is 0. The first-order valence-electron chi connectivity index (χ1n) is 8.06. The zero-order chi connectivity index (χ0) is 15.4. The molecule has 0 radical (unpaired) electrons. The van der Waals surface area contributed by atoms with Gasteiger partial charge in [0.1, 0.15) is 10.1 Å². The molecule has 0 aromatic heterocycles. The van der Waals surface area contributed by atoms with Crippen molar-refractivity contribution in [3.05, 3.63) is 0 Å². The molecule has 0 rings (SSSR count). The Hall–Kier alpha value is 1.51. The van der Waals surface area contributed by atoms with E-state index in [1.807, 2.05) is 6.92 Å². The number of unbranched alkanes of at least 4 members (excludes halogenated alkanes) is 7. The van der Waals surface area contributed by atoms with Crippen LogP contribution in [0.15, 0.2) is 0 Å². The van der Waals surface area contributed by atoms with Crippen molar-refractivity contribution in [1.82, 2.24) is 0 Å². The summed E-state index contributed by atoms with van der Waals surface area (Å²) >= 11 is 0. The van der Waals surface area contributed by atoms with Crippen LogP contribution in [0.4, 0.5) is 0 Å². The number of hydrogen-bond donors (Lipinski definition) is 1. The second-order valence-corrected chi connectivity index (χ2v) is 7.24. The van der Waals surface area contributed by atoms with Gasteiger partial charge in [0.2, 0.25) is 0 Å². The van der Waals surface area contributed by atoms with Gasteiger partial charge in [-0.3, -0.25) is 0 Å². The molecule has 0 saturated carbocycles. The fourth-order valence-electron chi connectivity index (χ4n) is 2.49. The SMILES string of the molecule is CCCCCCCCCCC(C(O)CCC)S(=O)(=O)[O-].[K+]. The number of hydrogen-bond acceptors (Lipinski definition) is 4. The molecule has 4 nitrogen and oxygen atoms in total. The van der Waals surface area contributed by atoms with Gasteiger partial charge < -0.3 is 9.66 Å². The third kappa shape index (κ3) is 13.6. The Morgan fingerprint density at radius 1 is 0.857 bits per heavy atom. The third-order valence-corrected chi connectivity index (χ3v) is 5.02. The normalized spacial score (nSPS) is 14.5. The van der Waals surface area contributed by atoms with Crippen molar-refractivity contribution in [3.63, 3.8) is 0 Å². The van der Waals surface area contributed by atoms with E-state index in [1.54, 1.807) is 0 Å². The summed E-state index contributed by atoms with van der Waals surface area (Å²) in [5, 5.41) is 8.64. The van der Waals surface area contributed by atoms with Crippen LogP contribution in [0.25, 0.3) is 0 Å². The maximum absolute atomic E-state index is 11.2. The molecule has 0 aliphatic rings. The Kier molecular flexibility index (Phi) is 17.8. The van der Waals surface area contributed by atoms with Crippen LogP contribution < -0.4 is 51.4 Å². The molecule has 2 atom stereocenters. The average Bonchev–Trinajstić information content (AvgIpc) is 2.35. The van der Waals surface area contributed by atoms with Crippen LogP contribution in [0.5, 0.6) is 0 Å². The molecule has 0 aromatic carbocycles. The van der Waals surface area contributed by atoms with Crippen LogP contribution in [-0.2, 0) is 10.1 Å². The summed E-state index contributed by atoms with van der Waals surface area (Å²) in [5.41, 5.74) is 0. The molecule has 0 saturated heterocycles. The van der Waals surface area contributed by atoms with Crippen LogP contribution in [0.1, 0.15) is 84.5 Å². The second kappa shape index (κ2) is 15.1. The van der Waals surface area contributed by atoms with E-state index in [-0.39, 0.29) is 51.4 Å². The third-order valence-electron chi connectivity index (χ3n) is 3.73. The molecule has 122 valence electrons. The minimum Gasteiger partial charge on any atom is -0.748 e. The minimum absolute atomic E-state index is 0. The van der Waals surface area contributed by atoms with E-state index in [4.69, 9.17) is 0 Å². The molecule has 0 aliphatic carbocycles. The van der Waals surface area contributed by atoms with E-state index in [0.29, 0.717) is 25.7 Å². The van der Waals surface area contributed by atoms with Gasteiger partial charge in [0.25, 0.3) is 0 Å². The first-order chi connectivity index (χ1) is 9.43. The standard InChI is InChI=1S/C15H32O4S.K/c1-3-5-6-7-8-9-10-11-13-15(20(17,18)19)14(16)12-4-2;/h14-16H,3-13H2,1-2H3,(H,17,18,19);/q;+1/p-1. The van der Waals surface area contributed by atoms with Gasteiger partial charge in [-0.1, -0.05) is 71.6 Å². The fourth-order valence-corrected chi connectivity index (χ4v) is 3.47. The molecule has 0 heterocycles. The summed E-state index contributed by atoms with van der Waals surface area (Å²) < 4.78 is 33.5. The molecule has 1 N–H and O–H groups in total. The Balaban J connectivity index is 0. The van der Waals surface area contributed by atoms with Crippen LogP contribution in [0.2, 0.25) is 0 Å². The molecule has 0 spiro atoms. The van der Waals surface area contributed by atoms with E-state index in [1.165, 1.54) is 32.1 Å². The first kappa shape index (κ1) is 24.8. The Morgan fingerprint density at radius 3 is 1.76 bits per heavy atom. The van der Waals surface area contributed by atoms with E-state index in [2.05, 4.69) is 6.92 Å². The second-order valence-electron chi connectivity index (χ2n) is 5.65. The molecular formula is C15H31KO4S. The van der Waals surface area contributed by atoms with Gasteiger partial charge in [0, 0.05) is 0 Å². The van der Waals surface area contributed by atoms with Crippen molar-refractivity contribution in [2.24, 2.45) is 0 Å². The van der Waals surface area contributed by atoms with Gasteiger partial charge in [-0.15, -0.1) is 0 Å². The van der Waals surface area contributed by atoms with E-state index in [0.717, 1.165) is 12.8 Å². The average molecular weight is 347 g/mol. The summed E-state index contributed by atoms with van der Waals surface area (Å²) in [6.45, 7) is 4.05. The van der Waals surface area contributed by atoms with Crippen LogP contribution >= 0.6 is 0 Å². The number of aliphatic hydroxyl groups is 1. The molecule has 0 aliphatic heterocycles. The van der Waals surface area contributed by atoms with Crippen LogP contribution in [0, 0.1) is 0 Å². The Bertz CT molecular complexity index is 320. The quantitative estimate of drug-likeness (QED) is 0.301. The molecule has 21 heavy (non-hydrogen) atoms. The van der Waals surface area contributed by atoms with Gasteiger partial charge >= 0.3 is 51.4 Å². The molecule has 0 fully saturated rings. The fraction of sp³-hybridized carbons (Fsp3) is 1.00. The first-order valence-corrected chi connectivity index (χ1v) is 9.53. The van der Waals surface area contributed by atoms with Crippen molar-refractivity contribution < 1.29 is 69.5 Å².